The zero-order valence-electron chi connectivity index (χ0n) is 13.0. The van der Waals surface area contributed by atoms with Crippen molar-refractivity contribution in [1.82, 2.24) is 14.6 Å². The number of amides is 1. The molecule has 1 aromatic heterocycles. The third kappa shape index (κ3) is 7.19. The van der Waals surface area contributed by atoms with Crippen LogP contribution >= 0.6 is 0 Å². The Morgan fingerprint density at radius 1 is 1.33 bits per heavy atom. The lowest BCUT2D eigenvalue weighted by Crippen LogP contribution is -2.42. The lowest BCUT2D eigenvalue weighted by molar-refractivity contribution is -0.122. The Hall–Kier alpha value is -1.47. The van der Waals surface area contributed by atoms with Crippen molar-refractivity contribution in [1.29, 1.82) is 0 Å². The molecule has 0 atom stereocenters. The number of sulfonamides is 1. The minimum absolute atomic E-state index is 0.122. The van der Waals surface area contributed by atoms with Gasteiger partial charge in [-0.2, -0.15) is 4.31 Å². The molecule has 0 fully saturated rings. The molecule has 0 saturated heterocycles. The molecule has 0 aliphatic heterocycles. The van der Waals surface area contributed by atoms with Crippen molar-refractivity contribution in [3.63, 3.8) is 0 Å². The van der Waals surface area contributed by atoms with E-state index in [1.54, 1.807) is 24.4 Å². The van der Waals surface area contributed by atoms with Crippen LogP contribution in [0.4, 0.5) is 0 Å². The summed E-state index contributed by atoms with van der Waals surface area (Å²) in [7, 11) is -3.39. The van der Waals surface area contributed by atoms with Crippen molar-refractivity contribution in [3.8, 4) is 0 Å². The van der Waals surface area contributed by atoms with Crippen molar-refractivity contribution in [2.45, 2.75) is 39.3 Å². The molecule has 1 heterocycles. The van der Waals surface area contributed by atoms with Gasteiger partial charge in [0.25, 0.3) is 0 Å². The van der Waals surface area contributed by atoms with Gasteiger partial charge in [-0.15, -0.1) is 0 Å². The average molecular weight is 313 g/mol. The highest BCUT2D eigenvalue weighted by Crippen LogP contribution is 2.07. The van der Waals surface area contributed by atoms with E-state index in [0.717, 1.165) is 6.26 Å². The Morgan fingerprint density at radius 2 is 2.00 bits per heavy atom. The minimum Gasteiger partial charge on any atom is -0.351 e. The van der Waals surface area contributed by atoms with E-state index in [2.05, 4.69) is 10.3 Å². The smallest absolute Gasteiger partial charge is 0.221 e. The molecule has 0 aromatic carbocycles. The second-order valence-corrected chi connectivity index (χ2v) is 7.95. The van der Waals surface area contributed by atoms with E-state index in [1.807, 2.05) is 20.8 Å². The Kier molecular flexibility index (Phi) is 5.86. The molecule has 0 radical (unpaired) electrons. The van der Waals surface area contributed by atoms with Crippen molar-refractivity contribution in [2.24, 2.45) is 0 Å². The molecule has 0 unspecified atom stereocenters. The molecule has 0 aliphatic rings. The molecule has 1 aromatic rings. The predicted molar refractivity (Wildman–Crippen MR) is 82.0 cm³/mol. The number of rotatable bonds is 6. The molecule has 1 N–H and O–H groups in total. The SMILES string of the molecule is CC(C)(C)NC(=O)CCN(Cc1ccccn1)S(C)(=O)=O. The zero-order chi connectivity index (χ0) is 16.1. The number of nitrogens with zero attached hydrogens (tertiary/aromatic N) is 2. The van der Waals surface area contributed by atoms with Crippen LogP contribution in [0.15, 0.2) is 24.4 Å². The van der Waals surface area contributed by atoms with Crippen LogP contribution in [0.5, 0.6) is 0 Å². The summed E-state index contributed by atoms with van der Waals surface area (Å²) in [4.78, 5) is 15.9. The number of nitrogens with one attached hydrogen (secondary N) is 1. The molecular weight excluding hydrogens is 290 g/mol. The van der Waals surface area contributed by atoms with Crippen LogP contribution in [0.25, 0.3) is 0 Å². The van der Waals surface area contributed by atoms with Gasteiger partial charge in [0.2, 0.25) is 15.9 Å². The van der Waals surface area contributed by atoms with Crippen molar-refractivity contribution >= 4 is 15.9 Å². The quantitative estimate of drug-likeness (QED) is 0.854. The molecule has 7 heteroatoms. The monoisotopic (exact) mass is 313 g/mol. The summed E-state index contributed by atoms with van der Waals surface area (Å²) in [5.74, 6) is -0.169. The van der Waals surface area contributed by atoms with Crippen molar-refractivity contribution < 1.29 is 13.2 Å². The molecule has 0 bridgehead atoms. The van der Waals surface area contributed by atoms with Gasteiger partial charge in [-0.05, 0) is 32.9 Å². The highest BCUT2D eigenvalue weighted by Gasteiger charge is 2.20. The number of hydrogen-bond donors (Lipinski definition) is 1. The maximum atomic E-state index is 11.8. The van der Waals surface area contributed by atoms with E-state index in [4.69, 9.17) is 0 Å². The highest BCUT2D eigenvalue weighted by molar-refractivity contribution is 7.88. The molecular formula is C14H23N3O3S. The molecule has 0 saturated carbocycles. The number of carbonyl (C=O) groups excluding carboxylic acids is 1. The van der Waals surface area contributed by atoms with Gasteiger partial charge in [-0.3, -0.25) is 9.78 Å². The second kappa shape index (κ2) is 7.00. The van der Waals surface area contributed by atoms with Gasteiger partial charge in [-0.25, -0.2) is 8.42 Å². The maximum Gasteiger partial charge on any atom is 0.221 e. The molecule has 118 valence electrons. The molecule has 1 amide bonds. The highest BCUT2D eigenvalue weighted by atomic mass is 32.2. The van der Waals surface area contributed by atoms with Crippen LogP contribution in [0.3, 0.4) is 0 Å². The Morgan fingerprint density at radius 3 is 2.48 bits per heavy atom. The zero-order valence-corrected chi connectivity index (χ0v) is 13.8. The van der Waals surface area contributed by atoms with Gasteiger partial charge in [0.15, 0.2) is 0 Å². The van der Waals surface area contributed by atoms with Crippen molar-refractivity contribution in [2.75, 3.05) is 12.8 Å². The normalized spacial score (nSPS) is 12.4. The van der Waals surface area contributed by atoms with Crippen LogP contribution in [-0.4, -0.2) is 42.0 Å². The summed E-state index contributed by atoms with van der Waals surface area (Å²) < 4.78 is 24.9. The van der Waals surface area contributed by atoms with Gasteiger partial charge < -0.3 is 5.32 Å². The van der Waals surface area contributed by atoms with E-state index in [0.29, 0.717) is 5.69 Å². The first kappa shape index (κ1) is 17.6. The first-order valence-corrected chi connectivity index (χ1v) is 8.59. The van der Waals surface area contributed by atoms with Crippen molar-refractivity contribution in [3.05, 3.63) is 30.1 Å². The second-order valence-electron chi connectivity index (χ2n) is 5.97. The summed E-state index contributed by atoms with van der Waals surface area (Å²) in [6.07, 6.45) is 2.87. The van der Waals surface area contributed by atoms with E-state index in [-0.39, 0.29) is 31.0 Å². The Balaban J connectivity index is 2.66. The number of pyridine rings is 1. The third-order valence-electron chi connectivity index (χ3n) is 2.64. The van der Waals surface area contributed by atoms with E-state index in [9.17, 15) is 13.2 Å². The fourth-order valence-corrected chi connectivity index (χ4v) is 2.53. The summed E-state index contributed by atoms with van der Waals surface area (Å²) in [6, 6.07) is 5.33. The van der Waals surface area contributed by atoms with Gasteiger partial charge in [0.1, 0.15) is 0 Å². The van der Waals surface area contributed by atoms with Gasteiger partial charge in [-0.1, -0.05) is 6.07 Å². The van der Waals surface area contributed by atoms with Crippen LogP contribution in [0.1, 0.15) is 32.9 Å². The average Bonchev–Trinajstić information content (AvgIpc) is 2.32. The first-order chi connectivity index (χ1) is 9.58. The Labute approximate surface area is 126 Å². The molecule has 0 spiro atoms. The van der Waals surface area contributed by atoms with Gasteiger partial charge in [0, 0.05) is 24.7 Å². The van der Waals surface area contributed by atoms with Crippen LogP contribution in [0, 0.1) is 0 Å². The Bertz CT molecular complexity index is 565. The topological polar surface area (TPSA) is 79.4 Å². The van der Waals surface area contributed by atoms with Crippen LogP contribution in [-0.2, 0) is 21.4 Å². The van der Waals surface area contributed by atoms with Crippen LogP contribution in [0.2, 0.25) is 0 Å². The number of carbonyl (C=O) groups is 1. The lowest BCUT2D eigenvalue weighted by atomic mass is 10.1. The molecule has 6 nitrogen and oxygen atoms in total. The first-order valence-electron chi connectivity index (χ1n) is 6.74. The predicted octanol–water partition coefficient (Wildman–Crippen LogP) is 1.15. The lowest BCUT2D eigenvalue weighted by Gasteiger charge is -2.23. The number of aromatic nitrogens is 1. The third-order valence-corrected chi connectivity index (χ3v) is 3.89. The maximum absolute atomic E-state index is 11.8. The summed E-state index contributed by atoms with van der Waals surface area (Å²) >= 11 is 0. The van der Waals surface area contributed by atoms with E-state index >= 15 is 0 Å². The fourth-order valence-electron chi connectivity index (χ4n) is 1.74. The molecule has 0 aliphatic carbocycles. The van der Waals surface area contributed by atoms with Crippen LogP contribution < -0.4 is 5.32 Å². The van der Waals surface area contributed by atoms with Gasteiger partial charge >= 0.3 is 0 Å². The summed E-state index contributed by atoms with van der Waals surface area (Å²) in [6.45, 7) is 5.95. The van der Waals surface area contributed by atoms with E-state index in [1.165, 1.54) is 4.31 Å². The largest absolute Gasteiger partial charge is 0.351 e. The van der Waals surface area contributed by atoms with E-state index < -0.39 is 10.0 Å². The summed E-state index contributed by atoms with van der Waals surface area (Å²) in [5.41, 5.74) is 0.327. The number of hydrogen-bond acceptors (Lipinski definition) is 4. The summed E-state index contributed by atoms with van der Waals surface area (Å²) in [5, 5.41) is 2.81. The fraction of sp³-hybridized carbons (Fsp3) is 0.571. The molecule has 1 rings (SSSR count). The molecule has 21 heavy (non-hydrogen) atoms. The minimum atomic E-state index is -3.39. The standard InChI is InChI=1S/C14H23N3O3S/c1-14(2,3)16-13(18)8-10-17(21(4,19)20)11-12-7-5-6-9-15-12/h5-7,9H,8,10-11H2,1-4H3,(H,16,18). The van der Waals surface area contributed by atoms with Gasteiger partial charge in [0.05, 0.1) is 18.5 Å².